The van der Waals surface area contributed by atoms with Crippen LogP contribution in [-0.2, 0) is 13.0 Å². The summed E-state index contributed by atoms with van der Waals surface area (Å²) in [6, 6.07) is 12.7. The van der Waals surface area contributed by atoms with Crippen LogP contribution in [0.15, 0.2) is 42.6 Å². The minimum absolute atomic E-state index is 0. The first kappa shape index (κ1) is 16.8. The summed E-state index contributed by atoms with van der Waals surface area (Å²) in [5.41, 5.74) is 9.37. The molecule has 2 N–H and O–H groups in total. The van der Waals surface area contributed by atoms with E-state index < -0.39 is 0 Å². The van der Waals surface area contributed by atoms with Crippen LogP contribution in [0.5, 0.6) is 0 Å². The third-order valence-electron chi connectivity index (χ3n) is 3.43. The van der Waals surface area contributed by atoms with Gasteiger partial charge in [-0.2, -0.15) is 0 Å². The molecule has 0 aliphatic carbocycles. The fourth-order valence-corrected chi connectivity index (χ4v) is 2.47. The molecule has 5 heteroatoms. The van der Waals surface area contributed by atoms with Gasteiger partial charge in [-0.3, -0.25) is 0 Å². The first-order valence-electron chi connectivity index (χ1n) is 6.39. The van der Waals surface area contributed by atoms with Crippen molar-refractivity contribution >= 4 is 36.3 Å². The molecule has 0 fully saturated rings. The van der Waals surface area contributed by atoms with Gasteiger partial charge in [0.1, 0.15) is 5.82 Å². The van der Waals surface area contributed by atoms with Crippen LogP contribution in [0.2, 0.25) is 0 Å². The standard InChI is InChI=1S/C15H17N3.2ClH/c16-10-12-7-8-15(17-11-12)18-9-3-5-13-4-1-2-6-14(13)18;;/h1-2,4,6-8,11H,3,5,9-10,16H2;2*1H. The third kappa shape index (κ3) is 3.23. The Morgan fingerprint density at radius 3 is 2.60 bits per heavy atom. The maximum absolute atomic E-state index is 5.60. The Kier molecular flexibility index (Phi) is 6.27. The number of halogens is 2. The van der Waals surface area contributed by atoms with E-state index in [0.29, 0.717) is 6.54 Å². The molecule has 0 radical (unpaired) electrons. The largest absolute Gasteiger partial charge is 0.326 e. The number of anilines is 2. The predicted molar refractivity (Wildman–Crippen MR) is 88.4 cm³/mol. The number of pyridine rings is 1. The van der Waals surface area contributed by atoms with Crippen molar-refractivity contribution in [2.45, 2.75) is 19.4 Å². The van der Waals surface area contributed by atoms with E-state index in [4.69, 9.17) is 5.73 Å². The van der Waals surface area contributed by atoms with E-state index in [-0.39, 0.29) is 24.8 Å². The lowest BCUT2D eigenvalue weighted by molar-refractivity contribution is 0.759. The van der Waals surface area contributed by atoms with Crippen molar-refractivity contribution in [2.75, 3.05) is 11.4 Å². The van der Waals surface area contributed by atoms with Crippen LogP contribution in [0.1, 0.15) is 17.5 Å². The Morgan fingerprint density at radius 2 is 1.90 bits per heavy atom. The molecule has 20 heavy (non-hydrogen) atoms. The average molecular weight is 312 g/mol. The summed E-state index contributed by atoms with van der Waals surface area (Å²) in [5.74, 6) is 1.01. The molecule has 0 bridgehead atoms. The van der Waals surface area contributed by atoms with E-state index in [1.807, 2.05) is 6.20 Å². The Morgan fingerprint density at radius 1 is 1.10 bits per heavy atom. The number of rotatable bonds is 2. The Hall–Kier alpha value is -1.29. The molecule has 108 valence electrons. The Labute approximate surface area is 132 Å². The first-order valence-corrected chi connectivity index (χ1v) is 6.39. The SMILES string of the molecule is Cl.Cl.NCc1ccc(N2CCCc3ccccc32)nc1. The molecule has 0 unspecified atom stereocenters. The van der Waals surface area contributed by atoms with Crippen molar-refractivity contribution < 1.29 is 0 Å². The van der Waals surface area contributed by atoms with E-state index in [1.54, 1.807) is 0 Å². The van der Waals surface area contributed by atoms with Crippen molar-refractivity contribution in [3.05, 3.63) is 53.7 Å². The van der Waals surface area contributed by atoms with Gasteiger partial charge >= 0.3 is 0 Å². The topological polar surface area (TPSA) is 42.1 Å². The number of fused-ring (bicyclic) bond motifs is 1. The molecule has 0 saturated carbocycles. The van der Waals surface area contributed by atoms with E-state index in [9.17, 15) is 0 Å². The number of aryl methyl sites for hydroxylation is 1. The van der Waals surface area contributed by atoms with E-state index in [0.717, 1.165) is 24.3 Å². The molecular formula is C15H19Cl2N3. The van der Waals surface area contributed by atoms with Crippen LogP contribution in [0, 0.1) is 0 Å². The van der Waals surface area contributed by atoms with Crippen LogP contribution in [-0.4, -0.2) is 11.5 Å². The first-order chi connectivity index (χ1) is 8.88. The van der Waals surface area contributed by atoms with Crippen LogP contribution in [0.3, 0.4) is 0 Å². The van der Waals surface area contributed by atoms with Gasteiger partial charge in [-0.1, -0.05) is 24.3 Å². The zero-order valence-electron chi connectivity index (χ0n) is 11.2. The van der Waals surface area contributed by atoms with Crippen molar-refractivity contribution in [2.24, 2.45) is 5.73 Å². The molecule has 1 aliphatic rings. The third-order valence-corrected chi connectivity index (χ3v) is 3.43. The van der Waals surface area contributed by atoms with Gasteiger partial charge in [-0.15, -0.1) is 24.8 Å². The molecule has 2 heterocycles. The average Bonchev–Trinajstić information content (AvgIpc) is 2.47. The van der Waals surface area contributed by atoms with Gasteiger partial charge in [0.05, 0.1) is 0 Å². The monoisotopic (exact) mass is 311 g/mol. The molecule has 0 amide bonds. The van der Waals surface area contributed by atoms with Crippen LogP contribution < -0.4 is 10.6 Å². The second-order valence-electron chi connectivity index (χ2n) is 4.61. The van der Waals surface area contributed by atoms with Gasteiger partial charge < -0.3 is 10.6 Å². The highest BCUT2D eigenvalue weighted by atomic mass is 35.5. The molecule has 0 saturated heterocycles. The number of nitrogens with two attached hydrogens (primary N) is 1. The smallest absolute Gasteiger partial charge is 0.132 e. The molecule has 2 aromatic rings. The number of hydrogen-bond donors (Lipinski definition) is 1. The highest BCUT2D eigenvalue weighted by molar-refractivity contribution is 5.85. The summed E-state index contributed by atoms with van der Waals surface area (Å²) in [6.45, 7) is 1.58. The second-order valence-corrected chi connectivity index (χ2v) is 4.61. The van der Waals surface area contributed by atoms with Gasteiger partial charge in [0, 0.05) is 25.0 Å². The van der Waals surface area contributed by atoms with Gasteiger partial charge in [0.2, 0.25) is 0 Å². The summed E-state index contributed by atoms with van der Waals surface area (Å²) < 4.78 is 0. The van der Waals surface area contributed by atoms with Gasteiger partial charge in [0.25, 0.3) is 0 Å². The van der Waals surface area contributed by atoms with Crippen LogP contribution >= 0.6 is 24.8 Å². The molecule has 1 aromatic heterocycles. The highest BCUT2D eigenvalue weighted by Gasteiger charge is 2.18. The second kappa shape index (κ2) is 7.48. The van der Waals surface area contributed by atoms with Gasteiger partial charge in [0.15, 0.2) is 0 Å². The zero-order chi connectivity index (χ0) is 12.4. The molecule has 1 aromatic carbocycles. The molecule has 3 nitrogen and oxygen atoms in total. The molecule has 0 atom stereocenters. The fraction of sp³-hybridized carbons (Fsp3) is 0.267. The van der Waals surface area contributed by atoms with Crippen LogP contribution in [0.25, 0.3) is 0 Å². The van der Waals surface area contributed by atoms with Crippen molar-refractivity contribution in [1.82, 2.24) is 4.98 Å². The Bertz CT molecular complexity index is 543. The summed E-state index contributed by atoms with van der Waals surface area (Å²) in [4.78, 5) is 6.81. The van der Waals surface area contributed by atoms with Crippen molar-refractivity contribution in [1.29, 1.82) is 0 Å². The van der Waals surface area contributed by atoms with Gasteiger partial charge in [-0.05, 0) is 36.1 Å². The summed E-state index contributed by atoms with van der Waals surface area (Å²) in [6.07, 6.45) is 4.21. The number of aromatic nitrogens is 1. The summed E-state index contributed by atoms with van der Waals surface area (Å²) in [5, 5.41) is 0. The summed E-state index contributed by atoms with van der Waals surface area (Å²) in [7, 11) is 0. The fourth-order valence-electron chi connectivity index (χ4n) is 2.47. The van der Waals surface area contributed by atoms with Gasteiger partial charge in [-0.25, -0.2) is 4.98 Å². The maximum Gasteiger partial charge on any atom is 0.132 e. The lowest BCUT2D eigenvalue weighted by atomic mass is 10.0. The lowest BCUT2D eigenvalue weighted by Crippen LogP contribution is -2.25. The molecule has 0 spiro atoms. The maximum atomic E-state index is 5.60. The van der Waals surface area contributed by atoms with E-state index in [2.05, 4.69) is 46.3 Å². The van der Waals surface area contributed by atoms with E-state index >= 15 is 0 Å². The van der Waals surface area contributed by atoms with E-state index in [1.165, 1.54) is 17.7 Å². The quantitative estimate of drug-likeness (QED) is 0.923. The number of hydrogen-bond acceptors (Lipinski definition) is 3. The van der Waals surface area contributed by atoms with Crippen molar-refractivity contribution in [3.63, 3.8) is 0 Å². The lowest BCUT2D eigenvalue weighted by Gasteiger charge is -2.30. The Balaban J connectivity index is 0.000001000. The normalized spacial score (nSPS) is 12.9. The van der Waals surface area contributed by atoms with Crippen molar-refractivity contribution in [3.8, 4) is 0 Å². The van der Waals surface area contributed by atoms with Crippen LogP contribution in [0.4, 0.5) is 11.5 Å². The molecular weight excluding hydrogens is 293 g/mol. The minimum atomic E-state index is 0. The number of para-hydroxylation sites is 1. The zero-order valence-corrected chi connectivity index (χ0v) is 12.8. The number of benzene rings is 1. The molecule has 1 aliphatic heterocycles. The summed E-state index contributed by atoms with van der Waals surface area (Å²) >= 11 is 0. The molecule has 3 rings (SSSR count). The predicted octanol–water partition coefficient (Wildman–Crippen LogP) is 3.47. The highest BCUT2D eigenvalue weighted by Crippen LogP contribution is 2.31. The minimum Gasteiger partial charge on any atom is -0.326 e. The number of nitrogens with zero attached hydrogens (tertiary/aromatic N) is 2.